The number of aromatic nitrogens is 1. The van der Waals surface area contributed by atoms with E-state index in [0.717, 1.165) is 11.1 Å². The van der Waals surface area contributed by atoms with Gasteiger partial charge in [-0.1, -0.05) is 54.6 Å². The van der Waals surface area contributed by atoms with E-state index in [1.807, 2.05) is 0 Å². The van der Waals surface area contributed by atoms with E-state index in [1.165, 1.54) is 24.3 Å². The molecule has 3 aromatic carbocycles. The maximum atomic E-state index is 13.8. The summed E-state index contributed by atoms with van der Waals surface area (Å²) in [5.41, 5.74) is 14.4. The Morgan fingerprint density at radius 1 is 0.732 bits per heavy atom. The van der Waals surface area contributed by atoms with Crippen molar-refractivity contribution in [2.75, 3.05) is 5.73 Å². The van der Waals surface area contributed by atoms with Crippen LogP contribution in [0.2, 0.25) is 0 Å². The van der Waals surface area contributed by atoms with Gasteiger partial charge >= 0.3 is 0 Å². The standard InChI is InChI=1S/C31H31N5O5/c32-27-14-5-21(18-34-27)15-26(30(40)35-17-20-3-1-19(2-4-20)16-28(33)39)36-31(41)29(22-6-10-24(37)11-7-22)23-8-12-25(38)13-9-23/h1-14,18,26,29,37-38H,15-17H2,(H2,32,34)(H2,33,39)(H,35,40)(H,36,41). The molecule has 1 unspecified atom stereocenters. The van der Waals surface area contributed by atoms with Gasteiger partial charge in [0.2, 0.25) is 17.7 Å². The molecule has 0 spiro atoms. The third-order valence-electron chi connectivity index (χ3n) is 6.50. The van der Waals surface area contributed by atoms with Gasteiger partial charge in [0, 0.05) is 19.2 Å². The van der Waals surface area contributed by atoms with Crippen molar-refractivity contribution in [2.45, 2.75) is 31.3 Å². The Bertz CT molecular complexity index is 1440. The van der Waals surface area contributed by atoms with Crippen molar-refractivity contribution >= 4 is 23.5 Å². The first-order valence-corrected chi connectivity index (χ1v) is 12.9. The number of rotatable bonds is 11. The Kier molecular flexibility index (Phi) is 9.16. The molecular weight excluding hydrogens is 522 g/mol. The first-order valence-electron chi connectivity index (χ1n) is 12.9. The lowest BCUT2D eigenvalue weighted by molar-refractivity contribution is -0.129. The van der Waals surface area contributed by atoms with Crippen molar-refractivity contribution in [3.05, 3.63) is 119 Å². The summed E-state index contributed by atoms with van der Waals surface area (Å²) in [7, 11) is 0. The zero-order valence-electron chi connectivity index (χ0n) is 22.2. The van der Waals surface area contributed by atoms with Crippen molar-refractivity contribution < 1.29 is 24.6 Å². The lowest BCUT2D eigenvalue weighted by atomic mass is 9.89. The minimum atomic E-state index is -0.959. The van der Waals surface area contributed by atoms with Gasteiger partial charge in [0.1, 0.15) is 23.4 Å². The SMILES string of the molecule is NC(=O)Cc1ccc(CNC(=O)C(Cc2ccc(N)nc2)NC(=O)C(c2ccc(O)cc2)c2ccc(O)cc2)cc1. The largest absolute Gasteiger partial charge is 0.508 e. The molecule has 4 rings (SSSR count). The first-order chi connectivity index (χ1) is 19.7. The van der Waals surface area contributed by atoms with E-state index in [9.17, 15) is 24.6 Å². The van der Waals surface area contributed by atoms with Crippen LogP contribution in [0.25, 0.3) is 0 Å². The second-order valence-corrected chi connectivity index (χ2v) is 9.65. The van der Waals surface area contributed by atoms with Gasteiger partial charge in [0.05, 0.1) is 12.3 Å². The Morgan fingerprint density at radius 3 is 1.78 bits per heavy atom. The summed E-state index contributed by atoms with van der Waals surface area (Å²) in [5, 5.41) is 25.3. The lowest BCUT2D eigenvalue weighted by Crippen LogP contribution is -2.49. The van der Waals surface area contributed by atoms with Crippen molar-refractivity contribution in [3.63, 3.8) is 0 Å². The van der Waals surface area contributed by atoms with Crippen LogP contribution in [0, 0.1) is 0 Å². The number of phenolic OH excluding ortho intramolecular Hbond substituents is 2. The predicted octanol–water partition coefficient (Wildman–Crippen LogP) is 2.28. The summed E-state index contributed by atoms with van der Waals surface area (Å²) in [4.78, 5) is 42.5. The fraction of sp³-hybridized carbons (Fsp3) is 0.161. The summed E-state index contributed by atoms with van der Waals surface area (Å²) in [6.45, 7) is 0.196. The fourth-order valence-electron chi connectivity index (χ4n) is 4.37. The van der Waals surface area contributed by atoms with Crippen molar-refractivity contribution in [2.24, 2.45) is 5.73 Å². The molecule has 0 radical (unpaired) electrons. The molecule has 0 bridgehead atoms. The van der Waals surface area contributed by atoms with Gasteiger partial charge in [0.15, 0.2) is 0 Å². The van der Waals surface area contributed by atoms with Gasteiger partial charge in [-0.15, -0.1) is 0 Å². The molecule has 41 heavy (non-hydrogen) atoms. The molecule has 0 saturated heterocycles. The normalized spacial score (nSPS) is 11.5. The topological polar surface area (TPSA) is 181 Å². The predicted molar refractivity (Wildman–Crippen MR) is 154 cm³/mol. The van der Waals surface area contributed by atoms with Crippen molar-refractivity contribution in [3.8, 4) is 11.5 Å². The van der Waals surface area contributed by atoms with Crippen LogP contribution in [0.3, 0.4) is 0 Å². The lowest BCUT2D eigenvalue weighted by Gasteiger charge is -2.23. The molecule has 1 atom stereocenters. The van der Waals surface area contributed by atoms with Crippen LogP contribution < -0.4 is 22.1 Å². The van der Waals surface area contributed by atoms with Gasteiger partial charge in [0.25, 0.3) is 0 Å². The Morgan fingerprint density at radius 2 is 1.27 bits per heavy atom. The summed E-state index contributed by atoms with van der Waals surface area (Å²) in [6, 6.07) is 22.0. The van der Waals surface area contributed by atoms with Gasteiger partial charge in [-0.3, -0.25) is 14.4 Å². The average Bonchev–Trinajstić information content (AvgIpc) is 2.95. The quantitative estimate of drug-likeness (QED) is 0.165. The monoisotopic (exact) mass is 553 g/mol. The molecule has 4 aromatic rings. The van der Waals surface area contributed by atoms with E-state index in [0.29, 0.717) is 22.5 Å². The van der Waals surface area contributed by atoms with E-state index < -0.39 is 29.7 Å². The second-order valence-electron chi connectivity index (χ2n) is 9.65. The Labute approximate surface area is 237 Å². The van der Waals surface area contributed by atoms with Gasteiger partial charge in [-0.05, 0) is 58.1 Å². The number of hydrogen-bond acceptors (Lipinski definition) is 7. The number of carbonyl (C=O) groups excluding carboxylic acids is 3. The van der Waals surface area contributed by atoms with E-state index >= 15 is 0 Å². The minimum Gasteiger partial charge on any atom is -0.508 e. The van der Waals surface area contributed by atoms with Gasteiger partial charge in [-0.2, -0.15) is 0 Å². The van der Waals surface area contributed by atoms with E-state index in [1.54, 1.807) is 66.9 Å². The molecule has 8 N–H and O–H groups in total. The van der Waals surface area contributed by atoms with Crippen LogP contribution in [0.1, 0.15) is 33.7 Å². The Hall–Kier alpha value is -5.38. The highest BCUT2D eigenvalue weighted by Crippen LogP contribution is 2.28. The maximum Gasteiger partial charge on any atom is 0.243 e. The summed E-state index contributed by atoms with van der Waals surface area (Å²) in [6.07, 6.45) is 1.83. The van der Waals surface area contributed by atoms with Gasteiger partial charge < -0.3 is 32.3 Å². The smallest absolute Gasteiger partial charge is 0.243 e. The van der Waals surface area contributed by atoms with Crippen LogP contribution in [-0.4, -0.2) is 39.0 Å². The number of pyridine rings is 1. The molecule has 0 fully saturated rings. The number of nitrogen functional groups attached to an aromatic ring is 1. The number of carbonyl (C=O) groups is 3. The highest BCUT2D eigenvalue weighted by Gasteiger charge is 2.28. The summed E-state index contributed by atoms with van der Waals surface area (Å²) < 4.78 is 0. The Balaban J connectivity index is 1.56. The second kappa shape index (κ2) is 13.1. The zero-order chi connectivity index (χ0) is 29.4. The van der Waals surface area contributed by atoms with Crippen LogP contribution in [-0.2, 0) is 33.8 Å². The minimum absolute atomic E-state index is 0.0504. The molecule has 1 aromatic heterocycles. The number of primary amides is 1. The molecule has 0 saturated carbocycles. The number of amides is 3. The number of nitrogens with two attached hydrogens (primary N) is 2. The fourth-order valence-corrected chi connectivity index (χ4v) is 4.37. The van der Waals surface area contributed by atoms with Crippen LogP contribution in [0.4, 0.5) is 5.82 Å². The first kappa shape index (κ1) is 28.6. The highest BCUT2D eigenvalue weighted by molar-refractivity contribution is 5.92. The molecule has 0 aliphatic carbocycles. The summed E-state index contributed by atoms with van der Waals surface area (Å²) in [5.74, 6) is -1.68. The molecule has 10 heteroatoms. The molecule has 210 valence electrons. The number of aromatic hydroxyl groups is 2. The molecule has 10 nitrogen and oxygen atoms in total. The number of phenols is 2. The third kappa shape index (κ3) is 8.06. The van der Waals surface area contributed by atoms with E-state index in [-0.39, 0.29) is 30.9 Å². The molecule has 1 heterocycles. The number of nitrogens with one attached hydrogen (secondary N) is 2. The zero-order valence-corrected chi connectivity index (χ0v) is 22.2. The molecule has 0 aliphatic rings. The average molecular weight is 554 g/mol. The number of anilines is 1. The number of nitrogens with zero attached hydrogens (tertiary/aromatic N) is 1. The maximum absolute atomic E-state index is 13.8. The molecule has 3 amide bonds. The molecule has 0 aliphatic heterocycles. The van der Waals surface area contributed by atoms with Crippen molar-refractivity contribution in [1.82, 2.24) is 15.6 Å². The summed E-state index contributed by atoms with van der Waals surface area (Å²) >= 11 is 0. The van der Waals surface area contributed by atoms with E-state index in [2.05, 4.69) is 15.6 Å². The van der Waals surface area contributed by atoms with Crippen LogP contribution >= 0.6 is 0 Å². The van der Waals surface area contributed by atoms with Gasteiger partial charge in [-0.25, -0.2) is 4.98 Å². The highest BCUT2D eigenvalue weighted by atomic mass is 16.3. The number of benzene rings is 3. The van der Waals surface area contributed by atoms with Crippen LogP contribution in [0.15, 0.2) is 91.1 Å². The number of hydrogen-bond donors (Lipinski definition) is 6. The van der Waals surface area contributed by atoms with E-state index in [4.69, 9.17) is 11.5 Å². The van der Waals surface area contributed by atoms with Crippen molar-refractivity contribution in [1.29, 1.82) is 0 Å². The third-order valence-corrected chi connectivity index (χ3v) is 6.50. The van der Waals surface area contributed by atoms with Crippen LogP contribution in [0.5, 0.6) is 11.5 Å². The molecular formula is C31H31N5O5.